The van der Waals surface area contributed by atoms with Crippen LogP contribution < -0.4 is 16.4 Å². The molecule has 1 aromatic heterocycles. The Hall–Kier alpha value is -4.19. The van der Waals surface area contributed by atoms with Gasteiger partial charge in [0, 0.05) is 18.7 Å². The number of hydrogen-bond donors (Lipinski definition) is 1. The maximum atomic E-state index is 12.8. The van der Waals surface area contributed by atoms with Crippen molar-refractivity contribution in [2.24, 2.45) is 0 Å². The molecule has 0 atom stereocenters. The Kier molecular flexibility index (Phi) is 6.12. The van der Waals surface area contributed by atoms with Crippen LogP contribution in [-0.4, -0.2) is 15.0 Å². The first-order chi connectivity index (χ1) is 15.6. The lowest BCUT2D eigenvalue weighted by molar-refractivity contribution is 0.0951. The van der Waals surface area contributed by atoms with Crippen molar-refractivity contribution >= 4 is 16.9 Å². The fourth-order valence-corrected chi connectivity index (χ4v) is 3.66. The van der Waals surface area contributed by atoms with Crippen LogP contribution in [0.4, 0.5) is 0 Å². The van der Waals surface area contributed by atoms with Crippen LogP contribution in [0.2, 0.25) is 0 Å². The number of nitrogens with one attached hydrogen (secondary N) is 1. The van der Waals surface area contributed by atoms with Gasteiger partial charge in [0.1, 0.15) is 0 Å². The van der Waals surface area contributed by atoms with Crippen molar-refractivity contribution in [3.8, 4) is 0 Å². The number of rotatable bonds is 7. The van der Waals surface area contributed by atoms with Crippen molar-refractivity contribution in [3.05, 3.63) is 129 Å². The molecule has 0 saturated carbocycles. The van der Waals surface area contributed by atoms with Crippen molar-refractivity contribution in [2.45, 2.75) is 19.6 Å². The molecular weight excluding hydrogens is 402 g/mol. The zero-order chi connectivity index (χ0) is 22.5. The van der Waals surface area contributed by atoms with Crippen molar-refractivity contribution in [1.82, 2.24) is 14.5 Å². The predicted molar refractivity (Wildman–Crippen MR) is 126 cm³/mol. The summed E-state index contributed by atoms with van der Waals surface area (Å²) in [4.78, 5) is 37.9. The average molecular weight is 425 g/mol. The molecule has 6 nitrogen and oxygen atoms in total. The second-order valence-electron chi connectivity index (χ2n) is 7.45. The number of fused-ring (bicyclic) bond motifs is 1. The molecule has 32 heavy (non-hydrogen) atoms. The summed E-state index contributed by atoms with van der Waals surface area (Å²) in [5.74, 6) is -0.171. The van der Waals surface area contributed by atoms with Crippen LogP contribution >= 0.6 is 0 Å². The molecule has 0 fully saturated rings. The van der Waals surface area contributed by atoms with E-state index in [1.807, 2.05) is 54.6 Å². The zero-order valence-electron chi connectivity index (χ0n) is 17.5. The lowest BCUT2D eigenvalue weighted by Crippen LogP contribution is -2.41. The predicted octanol–water partition coefficient (Wildman–Crippen LogP) is 3.33. The van der Waals surface area contributed by atoms with E-state index in [0.717, 1.165) is 11.1 Å². The van der Waals surface area contributed by atoms with Crippen LogP contribution in [0.5, 0.6) is 0 Å². The third-order valence-electron chi connectivity index (χ3n) is 5.30. The zero-order valence-corrected chi connectivity index (χ0v) is 17.5. The molecule has 160 valence electrons. The molecule has 1 N–H and O–H groups in total. The number of benzene rings is 3. The van der Waals surface area contributed by atoms with Crippen LogP contribution in [0.3, 0.4) is 0 Å². The Morgan fingerprint density at radius 3 is 2.03 bits per heavy atom. The third-order valence-corrected chi connectivity index (χ3v) is 5.30. The topological polar surface area (TPSA) is 73.1 Å². The molecule has 0 saturated heterocycles. The van der Waals surface area contributed by atoms with Gasteiger partial charge in [-0.2, -0.15) is 0 Å². The van der Waals surface area contributed by atoms with Gasteiger partial charge in [0.25, 0.3) is 5.91 Å². The second kappa shape index (κ2) is 9.31. The maximum absolute atomic E-state index is 12.8. The van der Waals surface area contributed by atoms with E-state index in [1.165, 1.54) is 9.13 Å². The van der Waals surface area contributed by atoms with Crippen molar-refractivity contribution in [2.75, 3.05) is 0 Å². The van der Waals surface area contributed by atoms with Gasteiger partial charge in [0.05, 0.1) is 17.6 Å². The van der Waals surface area contributed by atoms with Gasteiger partial charge >= 0.3 is 11.1 Å². The lowest BCUT2D eigenvalue weighted by Gasteiger charge is -2.14. The minimum atomic E-state index is -0.588. The van der Waals surface area contributed by atoms with E-state index in [9.17, 15) is 14.4 Å². The largest absolute Gasteiger partial charge is 0.348 e. The Balaban J connectivity index is 1.57. The molecule has 4 aromatic rings. The fraction of sp³-hybridized carbons (Fsp3) is 0.115. The summed E-state index contributed by atoms with van der Waals surface area (Å²) in [7, 11) is 0. The van der Waals surface area contributed by atoms with Gasteiger partial charge in [-0.15, -0.1) is 6.58 Å². The fourth-order valence-electron chi connectivity index (χ4n) is 3.66. The molecule has 0 aliphatic rings. The number of para-hydroxylation sites is 2. The van der Waals surface area contributed by atoms with Gasteiger partial charge < -0.3 is 5.32 Å². The highest BCUT2D eigenvalue weighted by molar-refractivity contribution is 5.94. The van der Waals surface area contributed by atoms with E-state index in [0.29, 0.717) is 23.1 Å². The molecule has 0 unspecified atom stereocenters. The van der Waals surface area contributed by atoms with Gasteiger partial charge in [-0.1, -0.05) is 60.7 Å². The van der Waals surface area contributed by atoms with E-state index < -0.39 is 11.1 Å². The first kappa shape index (κ1) is 21.1. The van der Waals surface area contributed by atoms with Gasteiger partial charge in [0.15, 0.2) is 0 Å². The Morgan fingerprint density at radius 1 is 0.781 bits per heavy atom. The highest BCUT2D eigenvalue weighted by Gasteiger charge is 2.13. The first-order valence-corrected chi connectivity index (χ1v) is 10.3. The molecule has 6 heteroatoms. The van der Waals surface area contributed by atoms with Gasteiger partial charge in [0.2, 0.25) is 0 Å². The minimum Gasteiger partial charge on any atom is -0.348 e. The molecule has 0 spiro atoms. The highest BCUT2D eigenvalue weighted by Crippen LogP contribution is 2.13. The molecule has 1 heterocycles. The number of carbonyl (C=O) groups is 1. The van der Waals surface area contributed by atoms with E-state index in [1.54, 1.807) is 30.3 Å². The van der Waals surface area contributed by atoms with Crippen LogP contribution in [0.15, 0.2) is 101 Å². The number of nitrogens with zero attached hydrogens (tertiary/aromatic N) is 2. The summed E-state index contributed by atoms with van der Waals surface area (Å²) < 4.78 is 2.91. The van der Waals surface area contributed by atoms with E-state index in [4.69, 9.17) is 0 Å². The van der Waals surface area contributed by atoms with Crippen LogP contribution in [0, 0.1) is 0 Å². The summed E-state index contributed by atoms with van der Waals surface area (Å²) >= 11 is 0. The van der Waals surface area contributed by atoms with Crippen LogP contribution in [0.25, 0.3) is 11.0 Å². The molecular formula is C26H23N3O3. The van der Waals surface area contributed by atoms with E-state index >= 15 is 0 Å². The standard InChI is InChI=1S/C26H23N3O3/c1-2-16-28-22-10-6-7-11-23(22)29(26(32)25(28)31)18-20-12-14-21(15-13-20)24(30)27-17-19-8-4-3-5-9-19/h2-15H,1,16-18H2,(H,27,30). The van der Waals surface area contributed by atoms with E-state index in [-0.39, 0.29) is 19.0 Å². The molecule has 3 aromatic carbocycles. The summed E-state index contributed by atoms with van der Waals surface area (Å²) in [6.07, 6.45) is 1.60. The molecule has 4 rings (SSSR count). The normalized spacial score (nSPS) is 10.8. The monoisotopic (exact) mass is 425 g/mol. The number of allylic oxidation sites excluding steroid dienone is 1. The van der Waals surface area contributed by atoms with Gasteiger partial charge in [-0.3, -0.25) is 23.5 Å². The quantitative estimate of drug-likeness (QED) is 0.365. The minimum absolute atomic E-state index is 0.171. The van der Waals surface area contributed by atoms with Crippen LogP contribution in [-0.2, 0) is 19.6 Å². The number of hydrogen-bond acceptors (Lipinski definition) is 3. The molecule has 1 amide bonds. The summed E-state index contributed by atoms with van der Waals surface area (Å²) in [6.45, 7) is 4.62. The number of carbonyl (C=O) groups excluding carboxylic acids is 1. The maximum Gasteiger partial charge on any atom is 0.317 e. The molecule has 0 aliphatic heterocycles. The molecule has 0 radical (unpaired) electrons. The Morgan fingerprint density at radius 2 is 1.38 bits per heavy atom. The smallest absolute Gasteiger partial charge is 0.317 e. The second-order valence-corrected chi connectivity index (χ2v) is 7.45. The number of amides is 1. The SMILES string of the molecule is C=CCn1c(=O)c(=O)n(Cc2ccc(C(=O)NCc3ccccc3)cc2)c2ccccc21. The lowest BCUT2D eigenvalue weighted by atomic mass is 10.1. The van der Waals surface area contributed by atoms with Crippen molar-refractivity contribution < 1.29 is 4.79 Å². The summed E-state index contributed by atoms with van der Waals surface area (Å²) in [5, 5.41) is 2.90. The first-order valence-electron chi connectivity index (χ1n) is 10.3. The molecule has 0 aliphatic carbocycles. The van der Waals surface area contributed by atoms with E-state index in [2.05, 4.69) is 11.9 Å². The Bertz CT molecular complexity index is 1380. The van der Waals surface area contributed by atoms with Gasteiger partial charge in [-0.05, 0) is 35.4 Å². The van der Waals surface area contributed by atoms with Crippen LogP contribution in [0.1, 0.15) is 21.5 Å². The highest BCUT2D eigenvalue weighted by atomic mass is 16.2. The summed E-state index contributed by atoms with van der Waals surface area (Å²) in [5.41, 5.74) is 2.55. The molecule has 0 bridgehead atoms. The third kappa shape index (κ3) is 4.30. The average Bonchev–Trinajstić information content (AvgIpc) is 2.84. The summed E-state index contributed by atoms with van der Waals surface area (Å²) in [6, 6.07) is 24.0. The van der Waals surface area contributed by atoms with Crippen molar-refractivity contribution in [1.29, 1.82) is 0 Å². The van der Waals surface area contributed by atoms with Crippen molar-refractivity contribution in [3.63, 3.8) is 0 Å². The van der Waals surface area contributed by atoms with Gasteiger partial charge in [-0.25, -0.2) is 0 Å². The number of aromatic nitrogens is 2. The Labute approximate surface area is 185 Å².